The Morgan fingerprint density at radius 1 is 1.31 bits per heavy atom. The number of ether oxygens (including phenoxy) is 1. The maximum Gasteiger partial charge on any atom is 0.418 e. The molecule has 1 saturated heterocycles. The average molecular weight is 670 g/mol. The average Bonchev–Trinajstić information content (AvgIpc) is 3.53. The van der Waals surface area contributed by atoms with E-state index in [4.69, 9.17) is 19.9 Å². The number of β-lactam (4-membered cyclic amide) rings is 1. The first-order chi connectivity index (χ1) is 21.0. The van der Waals surface area contributed by atoms with E-state index in [9.17, 15) is 33.0 Å². The number of hydrogen-bond acceptors (Lipinski definition) is 13. The largest absolute Gasteiger partial charge is 0.489 e. The van der Waals surface area contributed by atoms with Crippen LogP contribution in [0.15, 0.2) is 34.9 Å². The molecule has 1 aromatic carbocycles. The molecule has 1 fully saturated rings. The lowest BCUT2D eigenvalue weighted by Gasteiger charge is -2.50. The second-order valence-corrected chi connectivity index (χ2v) is 12.7. The number of Topliss-reactive ketones (excluding diaryl/α,β-unsaturated/α-hetero) is 1. The topological polar surface area (TPSA) is 237 Å². The number of carbonyl (C=O) groups excluding carboxylic acids is 2. The molecule has 0 radical (unpaired) electrons. The number of ketones is 1. The first kappa shape index (κ1) is 33.7. The van der Waals surface area contributed by atoms with Gasteiger partial charge >= 0.3 is 16.4 Å². The molecule has 0 saturated carbocycles. The number of aliphatic hydroxyl groups excluding tert-OH is 1. The number of anilines is 1. The molecule has 5 N–H and O–H groups in total. The number of oxime groups is 1. The summed E-state index contributed by atoms with van der Waals surface area (Å²) in [5.74, 6) is -3.85. The minimum atomic E-state index is -4.99. The number of aliphatic hydroxyl groups is 1. The number of benzene rings is 1. The van der Waals surface area contributed by atoms with Crippen LogP contribution in [0.4, 0.5) is 5.13 Å². The Bertz CT molecular complexity index is 1750. The van der Waals surface area contributed by atoms with E-state index in [0.29, 0.717) is 23.8 Å². The van der Waals surface area contributed by atoms with Crippen molar-refractivity contribution >= 4 is 61.1 Å². The van der Waals surface area contributed by atoms with Crippen LogP contribution >= 0.6 is 11.3 Å². The van der Waals surface area contributed by atoms with Crippen LogP contribution < -0.4 is 15.2 Å². The van der Waals surface area contributed by atoms with Gasteiger partial charge in [0.2, 0.25) is 6.20 Å². The lowest BCUT2D eigenvalue weighted by molar-refractivity contribution is -0.776. The van der Waals surface area contributed by atoms with Gasteiger partial charge in [-0.1, -0.05) is 12.1 Å². The number of nitrogens with zero attached hydrogens (tertiary/aromatic N) is 5. The molecule has 1 aliphatic heterocycles. The van der Waals surface area contributed by atoms with Gasteiger partial charge in [-0.3, -0.25) is 14.1 Å². The molecule has 3 atom stereocenters. The number of nitrogens with two attached hydrogens (primary N) is 1. The SMILES string of the molecule is CC[C@@H](O)C[n+]1cc2cc(OC[C@H](O/N=C(\C(=O)CC3C(=O)N(OS(=O)(=O)O)C3(C)C)c3csc(N)n3)C(=O)O)ccc2n1C. The number of aryl methyl sites for hydroxylation is 1. The zero-order valence-electron chi connectivity index (χ0n) is 24.7. The molecule has 17 nitrogen and oxygen atoms in total. The highest BCUT2D eigenvalue weighted by molar-refractivity contribution is 7.80. The number of aliphatic carboxylic acids is 1. The normalized spacial score (nSPS) is 18.0. The standard InChI is InChI=1S/C26H32N6O11S2/c1-5-15(33)11-31-10-14-8-16(6-7-19(14)30(31)4)41-12-21(24(36)37)42-29-22(18-13-44-25(27)28-18)20(34)9-17-23(35)32(26(17,2)3)43-45(38,39)40/h6-8,10,13,15,17,21,33H,5,9,11-12H2,1-4H3,(H3-,27,28,36,37,38,39,40)/p+1/b29-22-/t15-,17?,21+/m1/s1. The van der Waals surface area contributed by atoms with Crippen molar-refractivity contribution in [2.75, 3.05) is 12.3 Å². The zero-order valence-corrected chi connectivity index (χ0v) is 26.3. The molecule has 3 aromatic rings. The predicted molar refractivity (Wildman–Crippen MR) is 157 cm³/mol. The van der Waals surface area contributed by atoms with Gasteiger partial charge in [0.05, 0.1) is 23.9 Å². The van der Waals surface area contributed by atoms with Crippen molar-refractivity contribution in [3.63, 3.8) is 0 Å². The Morgan fingerprint density at radius 3 is 2.60 bits per heavy atom. The summed E-state index contributed by atoms with van der Waals surface area (Å²) in [6.45, 7) is 4.61. The Labute approximate surface area is 261 Å². The van der Waals surface area contributed by atoms with E-state index in [-0.39, 0.29) is 10.8 Å². The van der Waals surface area contributed by atoms with Crippen molar-refractivity contribution in [1.82, 2.24) is 14.7 Å². The van der Waals surface area contributed by atoms with Gasteiger partial charge in [0, 0.05) is 11.8 Å². The number of carboxylic acids is 1. The summed E-state index contributed by atoms with van der Waals surface area (Å²) in [4.78, 5) is 47.1. The summed E-state index contributed by atoms with van der Waals surface area (Å²) >= 11 is 0.982. The number of nitrogen functional groups attached to an aromatic ring is 1. The monoisotopic (exact) mass is 669 g/mol. The van der Waals surface area contributed by atoms with Gasteiger partial charge in [0.25, 0.3) is 12.0 Å². The van der Waals surface area contributed by atoms with E-state index in [1.54, 1.807) is 18.2 Å². The van der Waals surface area contributed by atoms with Gasteiger partial charge in [0.1, 0.15) is 29.7 Å². The quantitative estimate of drug-likeness (QED) is 0.0566. The third-order valence-electron chi connectivity index (χ3n) is 7.30. The Kier molecular flexibility index (Phi) is 9.78. The van der Waals surface area contributed by atoms with Crippen molar-refractivity contribution in [3.8, 4) is 5.75 Å². The molecule has 1 amide bonds. The van der Waals surface area contributed by atoms with Crippen LogP contribution in [0.3, 0.4) is 0 Å². The molecule has 0 bridgehead atoms. The number of rotatable bonds is 15. The van der Waals surface area contributed by atoms with Crippen molar-refractivity contribution < 1.29 is 56.1 Å². The number of carboxylic acid groups (broad SMARTS) is 1. The molecule has 2 aromatic heterocycles. The van der Waals surface area contributed by atoms with E-state index >= 15 is 0 Å². The van der Waals surface area contributed by atoms with Crippen LogP contribution in [-0.4, -0.2) is 85.6 Å². The van der Waals surface area contributed by atoms with Crippen LogP contribution in [0.5, 0.6) is 5.75 Å². The van der Waals surface area contributed by atoms with Crippen molar-refractivity contribution in [1.29, 1.82) is 0 Å². The summed E-state index contributed by atoms with van der Waals surface area (Å²) in [5, 5.41) is 26.3. The van der Waals surface area contributed by atoms with Crippen LogP contribution in [0.25, 0.3) is 10.9 Å². The Morgan fingerprint density at radius 2 is 2.02 bits per heavy atom. The van der Waals surface area contributed by atoms with Crippen LogP contribution in [0.2, 0.25) is 0 Å². The van der Waals surface area contributed by atoms with Gasteiger partial charge in [-0.25, -0.2) is 9.78 Å². The highest BCUT2D eigenvalue weighted by Crippen LogP contribution is 2.40. The van der Waals surface area contributed by atoms with Crippen LogP contribution in [-0.2, 0) is 47.5 Å². The number of hydroxylamine groups is 2. The third kappa shape index (κ3) is 7.56. The number of aromatic nitrogens is 3. The molecule has 0 spiro atoms. The summed E-state index contributed by atoms with van der Waals surface area (Å²) in [5.41, 5.74) is 4.80. The molecule has 1 aliphatic rings. The number of hydrogen-bond donors (Lipinski definition) is 4. The first-order valence-corrected chi connectivity index (χ1v) is 15.8. The predicted octanol–water partition coefficient (Wildman–Crippen LogP) is 0.459. The summed E-state index contributed by atoms with van der Waals surface area (Å²) in [6, 6.07) is 5.12. The number of thiazole rings is 1. The molecular formula is C26H33N6O11S2+. The first-order valence-electron chi connectivity index (χ1n) is 13.5. The maximum atomic E-state index is 13.3. The molecular weight excluding hydrogens is 636 g/mol. The summed E-state index contributed by atoms with van der Waals surface area (Å²) in [7, 11) is -3.15. The fourth-order valence-electron chi connectivity index (χ4n) is 4.65. The highest BCUT2D eigenvalue weighted by Gasteiger charge is 2.57. The van der Waals surface area contributed by atoms with E-state index in [2.05, 4.69) is 14.4 Å². The lowest BCUT2D eigenvalue weighted by Crippen LogP contribution is -2.68. The fourth-order valence-corrected chi connectivity index (χ4v) is 5.65. The minimum Gasteiger partial charge on any atom is -0.489 e. The van der Waals surface area contributed by atoms with Gasteiger partial charge < -0.3 is 25.5 Å². The van der Waals surface area contributed by atoms with Gasteiger partial charge in [-0.15, -0.1) is 20.3 Å². The molecule has 4 rings (SSSR count). The Balaban J connectivity index is 1.49. The highest BCUT2D eigenvalue weighted by atomic mass is 32.3. The smallest absolute Gasteiger partial charge is 0.418 e. The zero-order chi connectivity index (χ0) is 33.3. The molecule has 19 heteroatoms. The Hall–Kier alpha value is -4.17. The maximum absolute atomic E-state index is 13.3. The minimum absolute atomic E-state index is 0.0285. The number of fused-ring (bicyclic) bond motifs is 1. The molecule has 0 aliphatic carbocycles. The van der Waals surface area contributed by atoms with Crippen LogP contribution in [0, 0.1) is 5.92 Å². The van der Waals surface area contributed by atoms with E-state index in [1.165, 1.54) is 19.2 Å². The van der Waals surface area contributed by atoms with E-state index in [1.807, 2.05) is 29.5 Å². The number of amides is 1. The molecule has 1 unspecified atom stereocenters. The molecule has 3 heterocycles. The second-order valence-electron chi connectivity index (χ2n) is 10.8. The molecule has 244 valence electrons. The van der Waals surface area contributed by atoms with Crippen molar-refractivity contribution in [2.45, 2.75) is 57.9 Å². The summed E-state index contributed by atoms with van der Waals surface area (Å²) in [6.07, 6.45) is -0.268. The lowest BCUT2D eigenvalue weighted by atomic mass is 9.74. The van der Waals surface area contributed by atoms with E-state index < -0.39 is 70.5 Å². The van der Waals surface area contributed by atoms with Crippen molar-refractivity contribution in [3.05, 3.63) is 35.5 Å². The van der Waals surface area contributed by atoms with E-state index in [0.717, 1.165) is 22.2 Å². The summed E-state index contributed by atoms with van der Waals surface area (Å²) < 4.78 is 44.9. The van der Waals surface area contributed by atoms with Gasteiger partial charge in [-0.2, -0.15) is 18.2 Å². The van der Waals surface area contributed by atoms with Gasteiger partial charge in [0.15, 0.2) is 23.2 Å². The third-order valence-corrected chi connectivity index (χ3v) is 8.31. The number of carbonyl (C=O) groups is 3. The van der Waals surface area contributed by atoms with Gasteiger partial charge in [-0.05, 0) is 38.5 Å². The van der Waals surface area contributed by atoms with Crippen molar-refractivity contribution in [2.24, 2.45) is 18.1 Å². The second kappa shape index (κ2) is 13.1. The van der Waals surface area contributed by atoms with Crippen LogP contribution in [0.1, 0.15) is 39.3 Å². The molecule has 45 heavy (non-hydrogen) atoms. The fraction of sp³-hybridized carbons (Fsp3) is 0.462.